The van der Waals surface area contributed by atoms with Gasteiger partial charge >= 0.3 is 0 Å². The number of amides is 1. The topological polar surface area (TPSA) is 56.7 Å². The first-order valence-corrected chi connectivity index (χ1v) is 9.37. The lowest BCUT2D eigenvalue weighted by Gasteiger charge is -2.31. The van der Waals surface area contributed by atoms with E-state index in [2.05, 4.69) is 53.7 Å². The molecular weight excluding hydrogens is 439 g/mol. The molecule has 1 aromatic carbocycles. The number of halogens is 1. The molecule has 1 aromatic rings. The number of nitrogens with zero attached hydrogens (tertiary/aromatic N) is 2. The number of piperidine rings is 1. The molecule has 1 heterocycles. The second-order valence-corrected chi connectivity index (χ2v) is 7.03. The van der Waals surface area contributed by atoms with E-state index in [1.807, 2.05) is 11.0 Å². The Balaban J connectivity index is 0.00000338. The number of carbonyl (C=O) groups is 1. The maximum absolute atomic E-state index is 12.3. The maximum Gasteiger partial charge on any atom is 0.224 e. The normalized spacial score (nSPS) is 18.7. The number of aliphatic imine (C=N–C) groups is 1. The Bertz CT molecular complexity index is 564. The van der Waals surface area contributed by atoms with Crippen molar-refractivity contribution >= 4 is 35.8 Å². The number of hydrogen-bond donors (Lipinski definition) is 2. The number of rotatable bonds is 6. The average Bonchev–Trinajstić information content (AvgIpc) is 2.64. The van der Waals surface area contributed by atoms with Gasteiger partial charge in [-0.15, -0.1) is 24.0 Å². The van der Waals surface area contributed by atoms with Crippen molar-refractivity contribution in [3.63, 3.8) is 0 Å². The lowest BCUT2D eigenvalue weighted by molar-refractivity contribution is -0.132. The van der Waals surface area contributed by atoms with Gasteiger partial charge in [-0.2, -0.15) is 0 Å². The zero-order valence-electron chi connectivity index (χ0n) is 16.2. The summed E-state index contributed by atoms with van der Waals surface area (Å²) in [4.78, 5) is 18.5. The van der Waals surface area contributed by atoms with Crippen molar-refractivity contribution < 1.29 is 4.79 Å². The van der Waals surface area contributed by atoms with Gasteiger partial charge in [-0.25, -0.2) is 0 Å². The van der Waals surface area contributed by atoms with Crippen molar-refractivity contribution in [2.75, 3.05) is 33.2 Å². The lowest BCUT2D eigenvalue weighted by Crippen LogP contribution is -2.43. The summed E-state index contributed by atoms with van der Waals surface area (Å²) in [6.45, 7) is 7.64. The fraction of sp³-hybridized carbons (Fsp3) is 0.600. The SMILES string of the molecule is CN=C(NCCC(=O)N1CCCC(C)C1)NCC(C)c1ccccc1.I. The molecule has 1 saturated heterocycles. The number of nitrogens with one attached hydrogen (secondary N) is 2. The third kappa shape index (κ3) is 7.51. The zero-order valence-corrected chi connectivity index (χ0v) is 18.5. The smallest absolute Gasteiger partial charge is 0.224 e. The quantitative estimate of drug-likeness (QED) is 0.380. The molecule has 1 amide bonds. The lowest BCUT2D eigenvalue weighted by atomic mass is 10.00. The van der Waals surface area contributed by atoms with Crippen LogP contribution in [0.4, 0.5) is 0 Å². The fourth-order valence-electron chi connectivity index (χ4n) is 3.23. The molecule has 0 radical (unpaired) electrons. The Hall–Kier alpha value is -1.31. The van der Waals surface area contributed by atoms with Crippen molar-refractivity contribution in [3.8, 4) is 0 Å². The molecule has 2 atom stereocenters. The molecule has 6 heteroatoms. The van der Waals surface area contributed by atoms with Gasteiger partial charge in [-0.1, -0.05) is 44.2 Å². The van der Waals surface area contributed by atoms with Crippen molar-refractivity contribution in [2.24, 2.45) is 10.9 Å². The summed E-state index contributed by atoms with van der Waals surface area (Å²) in [5.41, 5.74) is 1.31. The predicted octanol–water partition coefficient (Wildman–Crippen LogP) is 3.22. The summed E-state index contributed by atoms with van der Waals surface area (Å²) in [5.74, 6) is 2.02. The standard InChI is InChI=1S/C20H32N4O.HI/c1-16-8-7-13-24(15-16)19(25)11-12-22-20(21-3)23-14-17(2)18-9-5-4-6-10-18;/h4-6,9-10,16-17H,7-8,11-15H2,1-3H3,(H2,21,22,23);1H. The van der Waals surface area contributed by atoms with Crippen LogP contribution in [-0.2, 0) is 4.79 Å². The Labute approximate surface area is 175 Å². The van der Waals surface area contributed by atoms with Crippen LogP contribution in [0.1, 0.15) is 44.6 Å². The van der Waals surface area contributed by atoms with Crippen LogP contribution in [0.25, 0.3) is 0 Å². The van der Waals surface area contributed by atoms with E-state index >= 15 is 0 Å². The average molecular weight is 472 g/mol. The van der Waals surface area contributed by atoms with Gasteiger partial charge in [0.15, 0.2) is 5.96 Å². The van der Waals surface area contributed by atoms with Crippen LogP contribution in [0.5, 0.6) is 0 Å². The van der Waals surface area contributed by atoms with E-state index in [-0.39, 0.29) is 29.9 Å². The van der Waals surface area contributed by atoms with Crippen molar-refractivity contribution in [2.45, 2.75) is 39.0 Å². The van der Waals surface area contributed by atoms with E-state index in [9.17, 15) is 4.79 Å². The van der Waals surface area contributed by atoms with Crippen molar-refractivity contribution in [3.05, 3.63) is 35.9 Å². The van der Waals surface area contributed by atoms with Gasteiger partial charge in [-0.05, 0) is 30.2 Å². The minimum Gasteiger partial charge on any atom is -0.356 e. The Morgan fingerprint density at radius 1 is 1.31 bits per heavy atom. The van der Waals surface area contributed by atoms with Gasteiger partial charge in [0.05, 0.1) is 0 Å². The van der Waals surface area contributed by atoms with E-state index in [4.69, 9.17) is 0 Å². The highest BCUT2D eigenvalue weighted by Crippen LogP contribution is 2.16. The molecule has 1 fully saturated rings. The molecule has 146 valence electrons. The van der Waals surface area contributed by atoms with Crippen LogP contribution in [0.15, 0.2) is 35.3 Å². The first-order chi connectivity index (χ1) is 12.1. The van der Waals surface area contributed by atoms with Crippen LogP contribution >= 0.6 is 24.0 Å². The van der Waals surface area contributed by atoms with E-state index in [1.54, 1.807) is 7.05 Å². The van der Waals surface area contributed by atoms with Crippen molar-refractivity contribution in [1.29, 1.82) is 0 Å². The second-order valence-electron chi connectivity index (χ2n) is 7.03. The number of guanidine groups is 1. The molecule has 0 aliphatic carbocycles. The summed E-state index contributed by atoms with van der Waals surface area (Å²) in [7, 11) is 1.76. The molecule has 0 saturated carbocycles. The molecule has 0 bridgehead atoms. The minimum absolute atomic E-state index is 0. The van der Waals surface area contributed by atoms with Crippen molar-refractivity contribution in [1.82, 2.24) is 15.5 Å². The van der Waals surface area contributed by atoms with Gasteiger partial charge in [-0.3, -0.25) is 9.79 Å². The summed E-state index contributed by atoms with van der Waals surface area (Å²) >= 11 is 0. The first-order valence-electron chi connectivity index (χ1n) is 9.37. The molecule has 1 aliphatic rings. The maximum atomic E-state index is 12.3. The third-order valence-electron chi connectivity index (χ3n) is 4.81. The Morgan fingerprint density at radius 2 is 2.04 bits per heavy atom. The first kappa shape index (κ1) is 22.7. The van der Waals surface area contributed by atoms with Crippen LogP contribution in [0, 0.1) is 5.92 Å². The zero-order chi connectivity index (χ0) is 18.1. The van der Waals surface area contributed by atoms with E-state index in [0.717, 1.165) is 32.0 Å². The largest absolute Gasteiger partial charge is 0.356 e. The highest BCUT2D eigenvalue weighted by molar-refractivity contribution is 14.0. The summed E-state index contributed by atoms with van der Waals surface area (Å²) in [5, 5.41) is 6.59. The molecule has 2 N–H and O–H groups in total. The van der Waals surface area contributed by atoms with E-state index in [1.165, 1.54) is 12.0 Å². The van der Waals surface area contributed by atoms with Gasteiger partial charge in [0.25, 0.3) is 0 Å². The molecule has 2 unspecified atom stereocenters. The number of likely N-dealkylation sites (tertiary alicyclic amines) is 1. The molecule has 2 rings (SSSR count). The summed E-state index contributed by atoms with van der Waals surface area (Å²) in [6, 6.07) is 10.4. The fourth-order valence-corrected chi connectivity index (χ4v) is 3.23. The monoisotopic (exact) mass is 472 g/mol. The Morgan fingerprint density at radius 3 is 2.69 bits per heavy atom. The Kier molecular flexibility index (Phi) is 10.6. The molecule has 26 heavy (non-hydrogen) atoms. The van der Waals surface area contributed by atoms with Gasteiger partial charge in [0.1, 0.15) is 0 Å². The number of carbonyl (C=O) groups excluding carboxylic acids is 1. The highest BCUT2D eigenvalue weighted by Gasteiger charge is 2.20. The molecule has 5 nitrogen and oxygen atoms in total. The van der Waals surface area contributed by atoms with Crippen LogP contribution in [-0.4, -0.2) is 50.0 Å². The van der Waals surface area contributed by atoms with Gasteiger partial charge < -0.3 is 15.5 Å². The summed E-state index contributed by atoms with van der Waals surface area (Å²) < 4.78 is 0. The number of benzene rings is 1. The summed E-state index contributed by atoms with van der Waals surface area (Å²) in [6.07, 6.45) is 2.88. The van der Waals surface area contributed by atoms with E-state index in [0.29, 0.717) is 24.8 Å². The molecule has 1 aliphatic heterocycles. The molecule has 0 aromatic heterocycles. The van der Waals surface area contributed by atoms with E-state index < -0.39 is 0 Å². The number of hydrogen-bond acceptors (Lipinski definition) is 2. The predicted molar refractivity (Wildman–Crippen MR) is 119 cm³/mol. The molecular formula is C20H33IN4O. The minimum atomic E-state index is 0. The third-order valence-corrected chi connectivity index (χ3v) is 4.81. The van der Waals surface area contributed by atoms with Crippen LogP contribution in [0.2, 0.25) is 0 Å². The van der Waals surface area contributed by atoms with Crippen LogP contribution < -0.4 is 10.6 Å². The van der Waals surface area contributed by atoms with Gasteiger partial charge in [0, 0.05) is 39.6 Å². The second kappa shape index (κ2) is 12.1. The molecule has 0 spiro atoms. The highest BCUT2D eigenvalue weighted by atomic mass is 127. The van der Waals surface area contributed by atoms with Gasteiger partial charge in [0.2, 0.25) is 5.91 Å². The van der Waals surface area contributed by atoms with Crippen LogP contribution in [0.3, 0.4) is 0 Å².